The first kappa shape index (κ1) is 14.5. The van der Waals surface area contributed by atoms with Crippen LogP contribution in [0.3, 0.4) is 0 Å². The van der Waals surface area contributed by atoms with Crippen LogP contribution in [0.2, 0.25) is 0 Å². The summed E-state index contributed by atoms with van der Waals surface area (Å²) in [6.07, 6.45) is 4.82. The van der Waals surface area contributed by atoms with E-state index in [-0.39, 0.29) is 6.54 Å². The van der Waals surface area contributed by atoms with E-state index in [0.29, 0.717) is 5.69 Å². The zero-order valence-corrected chi connectivity index (χ0v) is 12.3. The molecule has 22 heavy (non-hydrogen) atoms. The van der Waals surface area contributed by atoms with Crippen LogP contribution in [0.4, 0.5) is 0 Å². The van der Waals surface area contributed by atoms with Gasteiger partial charge in [0.2, 0.25) is 6.20 Å². The van der Waals surface area contributed by atoms with Gasteiger partial charge < -0.3 is 4.55 Å². The SMILES string of the molecule is O=S(=O)([O-])CC[n+]1cc(-c2cnc3ccccc3n2)ccn1. The normalized spacial score (nSPS) is 11.7. The van der Waals surface area contributed by atoms with E-state index in [1.165, 1.54) is 10.9 Å². The number of rotatable bonds is 4. The van der Waals surface area contributed by atoms with Gasteiger partial charge in [-0.1, -0.05) is 16.8 Å². The van der Waals surface area contributed by atoms with Crippen LogP contribution in [-0.4, -0.2) is 33.8 Å². The Balaban J connectivity index is 1.93. The molecule has 0 bridgehead atoms. The highest BCUT2D eigenvalue weighted by Crippen LogP contribution is 2.16. The van der Waals surface area contributed by atoms with Crippen LogP contribution >= 0.6 is 0 Å². The standard InChI is InChI=1S/C14H12N4O3S/c19-22(20,21)8-7-18-10-11(5-6-16-18)14-9-15-12-3-1-2-4-13(12)17-14/h1-6,9-10H,7-8H2. The second-order valence-electron chi connectivity index (χ2n) is 4.68. The second kappa shape index (κ2) is 5.74. The third-order valence-corrected chi connectivity index (χ3v) is 3.75. The van der Waals surface area contributed by atoms with Crippen molar-refractivity contribution >= 4 is 21.2 Å². The zero-order valence-electron chi connectivity index (χ0n) is 11.5. The fraction of sp³-hybridized carbons (Fsp3) is 0.143. The van der Waals surface area contributed by atoms with E-state index in [4.69, 9.17) is 0 Å². The molecule has 0 aliphatic heterocycles. The Labute approximate surface area is 127 Å². The van der Waals surface area contributed by atoms with Gasteiger partial charge in [0.25, 0.3) is 0 Å². The van der Waals surface area contributed by atoms with Crippen molar-refractivity contribution in [2.24, 2.45) is 0 Å². The highest BCUT2D eigenvalue weighted by Gasteiger charge is 2.10. The van der Waals surface area contributed by atoms with E-state index in [1.807, 2.05) is 24.3 Å². The van der Waals surface area contributed by atoms with Crippen molar-refractivity contribution in [3.05, 3.63) is 48.9 Å². The largest absolute Gasteiger partial charge is 0.748 e. The molecule has 0 N–H and O–H groups in total. The predicted octanol–water partition coefficient (Wildman–Crippen LogP) is 0.524. The molecule has 0 aliphatic rings. The third kappa shape index (κ3) is 3.41. The molecule has 112 valence electrons. The number of nitrogens with zero attached hydrogens (tertiary/aromatic N) is 4. The quantitative estimate of drug-likeness (QED) is 0.514. The van der Waals surface area contributed by atoms with Crippen molar-refractivity contribution in [2.45, 2.75) is 6.54 Å². The molecule has 2 heterocycles. The van der Waals surface area contributed by atoms with Crippen molar-refractivity contribution in [1.82, 2.24) is 15.1 Å². The Morgan fingerprint density at radius 2 is 1.91 bits per heavy atom. The van der Waals surface area contributed by atoms with Gasteiger partial charge in [-0.25, -0.2) is 13.4 Å². The average Bonchev–Trinajstić information content (AvgIpc) is 2.52. The molecule has 0 spiro atoms. The lowest BCUT2D eigenvalue weighted by Gasteiger charge is -2.03. The van der Waals surface area contributed by atoms with Crippen LogP contribution in [0.15, 0.2) is 48.9 Å². The van der Waals surface area contributed by atoms with Gasteiger partial charge in [-0.3, -0.25) is 4.98 Å². The van der Waals surface area contributed by atoms with E-state index in [9.17, 15) is 13.0 Å². The maximum Gasteiger partial charge on any atom is 0.205 e. The van der Waals surface area contributed by atoms with Crippen molar-refractivity contribution < 1.29 is 17.7 Å². The number of hydrogen-bond acceptors (Lipinski definition) is 6. The summed E-state index contributed by atoms with van der Waals surface area (Å²) in [6, 6.07) is 9.26. The molecule has 0 fully saturated rings. The summed E-state index contributed by atoms with van der Waals surface area (Å²) in [5.41, 5.74) is 2.97. The Bertz CT molecular complexity index is 928. The van der Waals surface area contributed by atoms with Crippen LogP contribution in [0.25, 0.3) is 22.3 Å². The second-order valence-corrected chi connectivity index (χ2v) is 6.21. The Morgan fingerprint density at radius 3 is 2.68 bits per heavy atom. The zero-order chi connectivity index (χ0) is 15.6. The number of fused-ring (bicyclic) bond motifs is 1. The fourth-order valence-corrected chi connectivity index (χ4v) is 2.42. The number of aryl methyl sites for hydroxylation is 1. The molecule has 0 atom stereocenters. The first-order valence-corrected chi connectivity index (χ1v) is 8.10. The van der Waals surface area contributed by atoms with Gasteiger partial charge in [0.15, 0.2) is 6.54 Å². The highest BCUT2D eigenvalue weighted by atomic mass is 32.2. The molecule has 0 saturated heterocycles. The first-order chi connectivity index (χ1) is 10.5. The summed E-state index contributed by atoms with van der Waals surface area (Å²) < 4.78 is 33.5. The van der Waals surface area contributed by atoms with Gasteiger partial charge in [0, 0.05) is 0 Å². The molecule has 0 unspecified atom stereocenters. The molecule has 1 aromatic carbocycles. The Morgan fingerprint density at radius 1 is 1.14 bits per heavy atom. The molecule has 0 saturated carbocycles. The number of para-hydroxylation sites is 2. The molecule has 3 rings (SSSR count). The molecular formula is C14H12N4O3S. The van der Waals surface area contributed by atoms with Crippen LogP contribution in [0.5, 0.6) is 0 Å². The van der Waals surface area contributed by atoms with Crippen molar-refractivity contribution in [3.8, 4) is 11.3 Å². The van der Waals surface area contributed by atoms with Gasteiger partial charge in [-0.15, -0.1) is 0 Å². The number of hydrogen-bond donors (Lipinski definition) is 0. The molecule has 8 heteroatoms. The maximum absolute atomic E-state index is 10.7. The summed E-state index contributed by atoms with van der Waals surface area (Å²) in [5, 5.41) is 4.00. The van der Waals surface area contributed by atoms with Crippen LogP contribution in [0.1, 0.15) is 0 Å². The summed E-state index contributed by atoms with van der Waals surface area (Å²) in [5.74, 6) is -0.502. The Hall–Kier alpha value is -2.45. The number of aromatic nitrogens is 4. The van der Waals surface area contributed by atoms with Crippen molar-refractivity contribution in [3.63, 3.8) is 0 Å². The molecule has 7 nitrogen and oxygen atoms in total. The Kier molecular flexibility index (Phi) is 3.78. The maximum atomic E-state index is 10.7. The monoisotopic (exact) mass is 316 g/mol. The van der Waals surface area contributed by atoms with Crippen molar-refractivity contribution in [1.29, 1.82) is 0 Å². The smallest absolute Gasteiger partial charge is 0.205 e. The van der Waals surface area contributed by atoms with E-state index >= 15 is 0 Å². The summed E-state index contributed by atoms with van der Waals surface area (Å²) in [7, 11) is -4.27. The topological polar surface area (TPSA) is 99.8 Å². The summed E-state index contributed by atoms with van der Waals surface area (Å²) >= 11 is 0. The van der Waals surface area contributed by atoms with E-state index in [0.717, 1.165) is 16.6 Å². The predicted molar refractivity (Wildman–Crippen MR) is 77.5 cm³/mol. The lowest BCUT2D eigenvalue weighted by atomic mass is 10.2. The van der Waals surface area contributed by atoms with Crippen LogP contribution in [0, 0.1) is 0 Å². The third-order valence-electron chi connectivity index (χ3n) is 3.07. The van der Waals surface area contributed by atoms with Gasteiger partial charge in [-0.05, 0) is 23.3 Å². The molecular weight excluding hydrogens is 304 g/mol. The minimum Gasteiger partial charge on any atom is -0.748 e. The minimum atomic E-state index is -4.27. The van der Waals surface area contributed by atoms with Gasteiger partial charge >= 0.3 is 0 Å². The van der Waals surface area contributed by atoms with E-state index in [1.54, 1.807) is 18.5 Å². The van der Waals surface area contributed by atoms with Gasteiger partial charge in [-0.2, -0.15) is 0 Å². The molecule has 2 aromatic heterocycles. The molecule has 0 aliphatic carbocycles. The lowest BCUT2D eigenvalue weighted by molar-refractivity contribution is -0.749. The minimum absolute atomic E-state index is 0.000678. The molecule has 0 radical (unpaired) electrons. The molecule has 3 aromatic rings. The average molecular weight is 316 g/mol. The lowest BCUT2D eigenvalue weighted by Crippen LogP contribution is -2.40. The summed E-state index contributed by atoms with van der Waals surface area (Å²) in [6.45, 7) is 0.000678. The van der Waals surface area contributed by atoms with E-state index < -0.39 is 15.9 Å². The fourth-order valence-electron chi connectivity index (χ4n) is 2.01. The summed E-state index contributed by atoms with van der Waals surface area (Å²) in [4.78, 5) is 8.85. The first-order valence-electron chi connectivity index (χ1n) is 6.53. The molecule has 0 amide bonds. The van der Waals surface area contributed by atoms with E-state index in [2.05, 4.69) is 15.1 Å². The van der Waals surface area contributed by atoms with Crippen LogP contribution < -0.4 is 4.68 Å². The van der Waals surface area contributed by atoms with Gasteiger partial charge in [0.1, 0.15) is 10.1 Å². The number of benzene rings is 1. The highest BCUT2D eigenvalue weighted by molar-refractivity contribution is 7.85. The van der Waals surface area contributed by atoms with Crippen molar-refractivity contribution in [2.75, 3.05) is 5.75 Å². The van der Waals surface area contributed by atoms with Crippen LogP contribution in [-0.2, 0) is 16.7 Å². The van der Waals surface area contributed by atoms with Gasteiger partial charge in [0.05, 0.1) is 40.4 Å².